The van der Waals surface area contributed by atoms with Gasteiger partial charge in [-0.1, -0.05) is 23.5 Å². The van der Waals surface area contributed by atoms with Crippen molar-refractivity contribution in [1.82, 2.24) is 10.3 Å². The van der Waals surface area contributed by atoms with E-state index < -0.39 is 10.7 Å². The third-order valence-corrected chi connectivity index (χ3v) is 5.04. The zero-order chi connectivity index (χ0) is 16.4. The van der Waals surface area contributed by atoms with Gasteiger partial charge in [-0.2, -0.15) is 0 Å². The first-order valence-electron chi connectivity index (χ1n) is 6.84. The average Bonchev–Trinajstić information content (AvgIpc) is 2.91. The molecular formula is C14H13N3O4S2. The van der Waals surface area contributed by atoms with Crippen molar-refractivity contribution in [2.75, 3.05) is 11.9 Å². The Hall–Kier alpha value is -2.26. The Kier molecular flexibility index (Phi) is 4.39. The summed E-state index contributed by atoms with van der Waals surface area (Å²) in [5.74, 6) is -0.428. The Morgan fingerprint density at radius 1 is 1.30 bits per heavy atom. The van der Waals surface area contributed by atoms with Crippen LogP contribution in [-0.2, 0) is 28.3 Å². The highest BCUT2D eigenvalue weighted by atomic mass is 32.2. The fraction of sp³-hybridized carbons (Fsp3) is 0.214. The van der Waals surface area contributed by atoms with Gasteiger partial charge in [0.05, 0.1) is 17.0 Å². The monoisotopic (exact) mass is 351 g/mol. The minimum Gasteiger partial charge on any atom is -0.351 e. The number of benzene rings is 1. The van der Waals surface area contributed by atoms with Crippen LogP contribution in [0.15, 0.2) is 29.2 Å². The Bertz CT molecular complexity index is 832. The van der Waals surface area contributed by atoms with Crippen molar-refractivity contribution in [3.05, 3.63) is 40.4 Å². The second-order valence-corrected chi connectivity index (χ2v) is 6.98. The van der Waals surface area contributed by atoms with E-state index in [1.54, 1.807) is 12.1 Å². The average molecular weight is 351 g/mol. The van der Waals surface area contributed by atoms with Crippen LogP contribution < -0.4 is 10.6 Å². The fourth-order valence-electron chi connectivity index (χ4n) is 2.21. The molecule has 0 radical (unpaired) electrons. The molecule has 1 aliphatic rings. The van der Waals surface area contributed by atoms with Crippen LogP contribution in [0.1, 0.15) is 20.9 Å². The first-order valence-corrected chi connectivity index (χ1v) is 8.83. The normalized spacial score (nSPS) is 13.5. The number of nitrogens with zero attached hydrogens (tertiary/aromatic N) is 1. The van der Waals surface area contributed by atoms with Crippen LogP contribution in [0, 0.1) is 0 Å². The summed E-state index contributed by atoms with van der Waals surface area (Å²) < 4.78 is 21.6. The lowest BCUT2D eigenvalue weighted by atomic mass is 10.1. The summed E-state index contributed by atoms with van der Waals surface area (Å²) in [6.07, 6.45) is 0.759. The number of fused-ring (bicyclic) bond motifs is 1. The molecule has 1 aliphatic heterocycles. The van der Waals surface area contributed by atoms with Crippen molar-refractivity contribution >= 4 is 39.0 Å². The number of carbonyl (C=O) groups excluding carboxylic acids is 2. The zero-order valence-electron chi connectivity index (χ0n) is 11.9. The topological polar surface area (TPSA) is 105 Å². The first kappa shape index (κ1) is 15.6. The van der Waals surface area contributed by atoms with E-state index in [1.165, 1.54) is 12.1 Å². The lowest BCUT2D eigenvalue weighted by molar-refractivity contribution is -0.115. The highest BCUT2D eigenvalue weighted by molar-refractivity contribution is 7.72. The summed E-state index contributed by atoms with van der Waals surface area (Å²) in [4.78, 5) is 28.7. The number of thiol groups is 1. The summed E-state index contributed by atoms with van der Waals surface area (Å²) in [6.45, 7) is 0.553. The van der Waals surface area contributed by atoms with Crippen LogP contribution in [-0.4, -0.2) is 31.8 Å². The number of thiazole rings is 1. The van der Waals surface area contributed by atoms with Gasteiger partial charge in [0.2, 0.25) is 5.91 Å². The van der Waals surface area contributed by atoms with Crippen molar-refractivity contribution in [2.45, 2.75) is 17.7 Å². The molecule has 1 aromatic heterocycles. The van der Waals surface area contributed by atoms with Crippen LogP contribution in [0.25, 0.3) is 0 Å². The Morgan fingerprint density at radius 3 is 2.70 bits per heavy atom. The summed E-state index contributed by atoms with van der Waals surface area (Å²) in [7, 11) is -2.62. The molecule has 23 heavy (non-hydrogen) atoms. The second-order valence-electron chi connectivity index (χ2n) is 4.95. The molecule has 0 atom stereocenters. The molecule has 7 nitrogen and oxygen atoms in total. The van der Waals surface area contributed by atoms with Gasteiger partial charge in [-0.15, -0.1) is 0 Å². The maximum absolute atomic E-state index is 12.0. The van der Waals surface area contributed by atoms with E-state index in [9.17, 15) is 18.0 Å². The Labute approximate surface area is 137 Å². The molecular weight excluding hydrogens is 338 g/mol. The number of amides is 2. The highest BCUT2D eigenvalue weighted by Gasteiger charge is 2.22. The first-order chi connectivity index (χ1) is 11.0. The van der Waals surface area contributed by atoms with Gasteiger partial charge in [0.15, 0.2) is 15.8 Å². The van der Waals surface area contributed by atoms with E-state index in [4.69, 9.17) is 0 Å². The van der Waals surface area contributed by atoms with Gasteiger partial charge in [-0.05, 0) is 17.7 Å². The fourth-order valence-corrected chi connectivity index (χ4v) is 3.55. The van der Waals surface area contributed by atoms with Crippen LogP contribution in [0.4, 0.5) is 5.13 Å². The van der Waals surface area contributed by atoms with Crippen molar-refractivity contribution in [3.63, 3.8) is 0 Å². The van der Waals surface area contributed by atoms with Gasteiger partial charge in [-0.25, -0.2) is 13.4 Å². The van der Waals surface area contributed by atoms with Crippen LogP contribution in [0.5, 0.6) is 0 Å². The molecule has 3 rings (SSSR count). The van der Waals surface area contributed by atoms with E-state index in [1.807, 2.05) is 0 Å². The minimum absolute atomic E-state index is 0.104. The number of anilines is 1. The molecule has 0 unspecified atom stereocenters. The maximum atomic E-state index is 12.0. The number of carbonyl (C=O) groups is 2. The van der Waals surface area contributed by atoms with E-state index in [0.29, 0.717) is 34.2 Å². The van der Waals surface area contributed by atoms with Gasteiger partial charge in [0, 0.05) is 13.0 Å². The standard InChI is InChI=1S/C14H13N3O4S2/c18-11(7-8-1-3-9(4-2-8)23(20)21)17-14-16-10-5-6-15-13(19)12(10)22-14/h1-4,23H,5-7H2,(H,15,19)(H,16,17,18). The quantitative estimate of drug-likeness (QED) is 0.699. The van der Waals surface area contributed by atoms with Gasteiger partial charge >= 0.3 is 0 Å². The number of hydrogen-bond acceptors (Lipinski definition) is 6. The van der Waals surface area contributed by atoms with Gasteiger partial charge in [0.25, 0.3) is 5.91 Å². The lowest BCUT2D eigenvalue weighted by Gasteiger charge is -2.09. The van der Waals surface area contributed by atoms with E-state index in [2.05, 4.69) is 15.6 Å². The number of aromatic nitrogens is 1. The largest absolute Gasteiger partial charge is 0.351 e. The number of nitrogens with one attached hydrogen (secondary N) is 2. The molecule has 0 saturated carbocycles. The minimum atomic E-state index is -2.62. The molecule has 2 amide bonds. The van der Waals surface area contributed by atoms with Crippen LogP contribution in [0.3, 0.4) is 0 Å². The predicted octanol–water partition coefficient (Wildman–Crippen LogP) is 0.580. The highest BCUT2D eigenvalue weighted by Crippen LogP contribution is 2.25. The Morgan fingerprint density at radius 2 is 2.04 bits per heavy atom. The SMILES string of the molecule is O=C(Cc1ccc([SH](=O)=O)cc1)Nc1nc2c(s1)C(=O)NCC2. The molecule has 2 N–H and O–H groups in total. The molecule has 0 spiro atoms. The van der Waals surface area contributed by atoms with Crippen LogP contribution in [0.2, 0.25) is 0 Å². The van der Waals surface area contributed by atoms with Gasteiger partial charge in [0.1, 0.15) is 4.88 Å². The number of rotatable bonds is 4. The van der Waals surface area contributed by atoms with E-state index in [0.717, 1.165) is 11.3 Å². The second kappa shape index (κ2) is 6.47. The molecule has 0 aliphatic carbocycles. The summed E-state index contributed by atoms with van der Waals surface area (Å²) in [5, 5.41) is 5.80. The molecule has 9 heteroatoms. The summed E-state index contributed by atoms with van der Waals surface area (Å²) >= 11 is 1.15. The summed E-state index contributed by atoms with van der Waals surface area (Å²) in [6, 6.07) is 6.11. The molecule has 120 valence electrons. The Balaban J connectivity index is 1.66. The molecule has 0 bridgehead atoms. The van der Waals surface area contributed by atoms with Crippen molar-refractivity contribution in [3.8, 4) is 0 Å². The zero-order valence-corrected chi connectivity index (χ0v) is 13.6. The van der Waals surface area contributed by atoms with Crippen molar-refractivity contribution in [2.24, 2.45) is 0 Å². The van der Waals surface area contributed by atoms with E-state index in [-0.39, 0.29) is 23.1 Å². The third kappa shape index (κ3) is 3.57. The predicted molar refractivity (Wildman–Crippen MR) is 85.5 cm³/mol. The smallest absolute Gasteiger partial charge is 0.263 e. The molecule has 0 saturated heterocycles. The van der Waals surface area contributed by atoms with Crippen molar-refractivity contribution in [1.29, 1.82) is 0 Å². The van der Waals surface area contributed by atoms with Gasteiger partial charge < -0.3 is 10.6 Å². The lowest BCUT2D eigenvalue weighted by Crippen LogP contribution is -2.30. The molecule has 2 heterocycles. The number of hydrogen-bond donors (Lipinski definition) is 3. The maximum Gasteiger partial charge on any atom is 0.263 e. The molecule has 1 aromatic carbocycles. The van der Waals surface area contributed by atoms with Gasteiger partial charge in [-0.3, -0.25) is 9.59 Å². The van der Waals surface area contributed by atoms with E-state index >= 15 is 0 Å². The molecule has 0 fully saturated rings. The third-order valence-electron chi connectivity index (χ3n) is 3.31. The molecule has 2 aromatic rings. The van der Waals surface area contributed by atoms with Crippen molar-refractivity contribution < 1.29 is 18.0 Å². The summed E-state index contributed by atoms with van der Waals surface area (Å²) in [5.41, 5.74) is 1.40. The van der Waals surface area contributed by atoms with Crippen LogP contribution >= 0.6 is 11.3 Å².